The van der Waals surface area contributed by atoms with Crippen LogP contribution in [0.4, 0.5) is 5.69 Å². The first-order valence-corrected chi connectivity index (χ1v) is 7.25. The highest BCUT2D eigenvalue weighted by atomic mass is 16.2. The molecule has 1 aliphatic carbocycles. The monoisotopic (exact) mass is 283 g/mol. The van der Waals surface area contributed by atoms with E-state index in [4.69, 9.17) is 0 Å². The number of H-pyrrole nitrogens is 1. The molecule has 1 fully saturated rings. The number of carbonyl (C=O) groups is 1. The van der Waals surface area contributed by atoms with Gasteiger partial charge in [-0.05, 0) is 34.6 Å². The zero-order chi connectivity index (χ0) is 15.3. The summed E-state index contributed by atoms with van der Waals surface area (Å²) in [7, 11) is 0. The van der Waals surface area contributed by atoms with Crippen LogP contribution in [0.15, 0.2) is 36.5 Å². The van der Waals surface area contributed by atoms with Crippen molar-refractivity contribution in [3.8, 4) is 11.3 Å². The highest BCUT2D eigenvalue weighted by Gasteiger charge is 2.68. The summed E-state index contributed by atoms with van der Waals surface area (Å²) in [5, 5.41) is 9.89. The number of amides is 1. The lowest BCUT2D eigenvalue weighted by molar-refractivity contribution is -0.118. The van der Waals surface area contributed by atoms with Gasteiger partial charge in [-0.1, -0.05) is 39.8 Å². The standard InChI is InChI=1S/C17H21N3O/c1-16(2)14(17(16,3)4)15(21)19-12-7-5-11(6-8-12)13-9-10-18-20-13/h5-10,14H,1-4H3,(H,18,20)(H,19,21). The number of rotatable bonds is 3. The molecule has 1 heterocycles. The summed E-state index contributed by atoms with van der Waals surface area (Å²) >= 11 is 0. The van der Waals surface area contributed by atoms with Crippen LogP contribution < -0.4 is 5.32 Å². The third kappa shape index (κ3) is 2.15. The first-order chi connectivity index (χ1) is 9.84. The van der Waals surface area contributed by atoms with Gasteiger partial charge in [-0.3, -0.25) is 9.89 Å². The Balaban J connectivity index is 1.71. The molecule has 0 spiro atoms. The molecule has 0 atom stereocenters. The Morgan fingerprint density at radius 2 is 1.71 bits per heavy atom. The smallest absolute Gasteiger partial charge is 0.228 e. The van der Waals surface area contributed by atoms with E-state index in [1.54, 1.807) is 6.20 Å². The van der Waals surface area contributed by atoms with Gasteiger partial charge in [0, 0.05) is 17.8 Å². The molecule has 2 aromatic rings. The van der Waals surface area contributed by atoms with Crippen molar-refractivity contribution < 1.29 is 4.79 Å². The average molecular weight is 283 g/mol. The number of anilines is 1. The maximum atomic E-state index is 12.4. The van der Waals surface area contributed by atoms with Crippen LogP contribution in [0, 0.1) is 16.7 Å². The molecule has 21 heavy (non-hydrogen) atoms. The summed E-state index contributed by atoms with van der Waals surface area (Å²) in [6.45, 7) is 8.61. The van der Waals surface area contributed by atoms with Crippen molar-refractivity contribution in [3.05, 3.63) is 36.5 Å². The maximum Gasteiger partial charge on any atom is 0.228 e. The van der Waals surface area contributed by atoms with Crippen molar-refractivity contribution in [2.75, 3.05) is 5.32 Å². The molecular formula is C17H21N3O. The lowest BCUT2D eigenvalue weighted by atomic mass is 10.0. The zero-order valence-corrected chi connectivity index (χ0v) is 12.9. The molecule has 0 unspecified atom stereocenters. The number of hydrogen-bond donors (Lipinski definition) is 2. The second-order valence-corrected chi connectivity index (χ2v) is 6.91. The number of aromatic nitrogens is 2. The minimum atomic E-state index is 0.0624. The Bertz CT molecular complexity index is 640. The molecule has 0 radical (unpaired) electrons. The molecule has 110 valence electrons. The molecule has 1 saturated carbocycles. The second kappa shape index (κ2) is 4.45. The van der Waals surface area contributed by atoms with E-state index in [1.165, 1.54) is 0 Å². The number of carbonyl (C=O) groups excluding carboxylic acids is 1. The van der Waals surface area contributed by atoms with Crippen molar-refractivity contribution in [3.63, 3.8) is 0 Å². The summed E-state index contributed by atoms with van der Waals surface area (Å²) in [5.41, 5.74) is 2.98. The maximum absolute atomic E-state index is 12.4. The zero-order valence-electron chi connectivity index (χ0n) is 12.9. The van der Waals surface area contributed by atoms with Crippen LogP contribution in [0.25, 0.3) is 11.3 Å². The van der Waals surface area contributed by atoms with E-state index in [-0.39, 0.29) is 22.7 Å². The Hall–Kier alpha value is -2.10. The summed E-state index contributed by atoms with van der Waals surface area (Å²) in [6, 6.07) is 9.73. The predicted molar refractivity (Wildman–Crippen MR) is 83.7 cm³/mol. The molecule has 1 amide bonds. The molecule has 1 aromatic carbocycles. The Morgan fingerprint density at radius 1 is 1.10 bits per heavy atom. The average Bonchev–Trinajstić information content (AvgIpc) is 2.80. The molecule has 1 aromatic heterocycles. The van der Waals surface area contributed by atoms with Gasteiger partial charge in [-0.15, -0.1) is 0 Å². The van der Waals surface area contributed by atoms with E-state index in [1.807, 2.05) is 30.3 Å². The molecule has 4 nitrogen and oxygen atoms in total. The lowest BCUT2D eigenvalue weighted by Crippen LogP contribution is -2.17. The fourth-order valence-electron chi connectivity index (χ4n) is 3.22. The van der Waals surface area contributed by atoms with Gasteiger partial charge in [0.1, 0.15) is 0 Å². The van der Waals surface area contributed by atoms with Crippen molar-refractivity contribution in [1.82, 2.24) is 10.2 Å². The highest BCUT2D eigenvalue weighted by Crippen LogP contribution is 2.68. The molecule has 3 rings (SSSR count). The summed E-state index contributed by atoms with van der Waals surface area (Å²) in [5.74, 6) is 0.177. The molecular weight excluding hydrogens is 262 g/mol. The summed E-state index contributed by atoms with van der Waals surface area (Å²) in [6.07, 6.45) is 1.72. The normalized spacial score (nSPS) is 19.2. The molecule has 4 heteroatoms. The van der Waals surface area contributed by atoms with Gasteiger partial charge < -0.3 is 5.32 Å². The van der Waals surface area contributed by atoms with Crippen LogP contribution in [0.5, 0.6) is 0 Å². The Labute approximate surface area is 125 Å². The third-order valence-electron chi connectivity index (χ3n) is 5.25. The van der Waals surface area contributed by atoms with E-state index >= 15 is 0 Å². The number of benzene rings is 1. The van der Waals surface area contributed by atoms with Gasteiger partial charge in [0.05, 0.1) is 5.69 Å². The first kappa shape index (κ1) is 13.9. The molecule has 2 N–H and O–H groups in total. The lowest BCUT2D eigenvalue weighted by Gasteiger charge is -2.07. The van der Waals surface area contributed by atoms with E-state index in [2.05, 4.69) is 43.2 Å². The van der Waals surface area contributed by atoms with E-state index < -0.39 is 0 Å². The van der Waals surface area contributed by atoms with Crippen LogP contribution in [-0.4, -0.2) is 16.1 Å². The minimum Gasteiger partial charge on any atom is -0.326 e. The van der Waals surface area contributed by atoms with Crippen LogP contribution in [0.3, 0.4) is 0 Å². The van der Waals surface area contributed by atoms with E-state index in [0.29, 0.717) is 0 Å². The fraction of sp³-hybridized carbons (Fsp3) is 0.412. The van der Waals surface area contributed by atoms with Crippen molar-refractivity contribution >= 4 is 11.6 Å². The predicted octanol–water partition coefficient (Wildman–Crippen LogP) is 3.70. The SMILES string of the molecule is CC1(C)C(C(=O)Nc2ccc(-c3ccn[nH]3)cc2)C1(C)C. The van der Waals surface area contributed by atoms with Crippen molar-refractivity contribution in [1.29, 1.82) is 0 Å². The third-order valence-corrected chi connectivity index (χ3v) is 5.25. The van der Waals surface area contributed by atoms with E-state index in [9.17, 15) is 4.79 Å². The quantitative estimate of drug-likeness (QED) is 0.902. The second-order valence-electron chi connectivity index (χ2n) is 6.91. The minimum absolute atomic E-state index is 0.0624. The molecule has 0 aliphatic heterocycles. The van der Waals surface area contributed by atoms with Crippen LogP contribution >= 0.6 is 0 Å². The summed E-state index contributed by atoms with van der Waals surface area (Å²) < 4.78 is 0. The highest BCUT2D eigenvalue weighted by molar-refractivity contribution is 5.96. The van der Waals surface area contributed by atoms with Crippen molar-refractivity contribution in [2.24, 2.45) is 16.7 Å². The van der Waals surface area contributed by atoms with Gasteiger partial charge in [-0.25, -0.2) is 0 Å². The van der Waals surface area contributed by atoms with Gasteiger partial charge in [0.15, 0.2) is 0 Å². The van der Waals surface area contributed by atoms with Crippen LogP contribution in [0.2, 0.25) is 0 Å². The number of nitrogens with one attached hydrogen (secondary N) is 2. The number of aromatic amines is 1. The van der Waals surface area contributed by atoms with Gasteiger partial charge in [-0.2, -0.15) is 5.10 Å². The van der Waals surface area contributed by atoms with Gasteiger partial charge in [0.2, 0.25) is 5.91 Å². The Kier molecular flexibility index (Phi) is 2.94. The number of hydrogen-bond acceptors (Lipinski definition) is 2. The van der Waals surface area contributed by atoms with E-state index in [0.717, 1.165) is 16.9 Å². The van der Waals surface area contributed by atoms with Crippen LogP contribution in [0.1, 0.15) is 27.7 Å². The summed E-state index contributed by atoms with van der Waals surface area (Å²) in [4.78, 5) is 12.4. The Morgan fingerprint density at radius 3 is 2.19 bits per heavy atom. The van der Waals surface area contributed by atoms with Crippen LogP contribution in [-0.2, 0) is 4.79 Å². The molecule has 0 bridgehead atoms. The van der Waals surface area contributed by atoms with Crippen molar-refractivity contribution in [2.45, 2.75) is 27.7 Å². The largest absolute Gasteiger partial charge is 0.326 e. The van der Waals surface area contributed by atoms with Gasteiger partial charge >= 0.3 is 0 Å². The fourth-order valence-corrected chi connectivity index (χ4v) is 3.22. The molecule has 1 aliphatic rings. The molecule has 0 saturated heterocycles. The first-order valence-electron chi connectivity index (χ1n) is 7.25. The topological polar surface area (TPSA) is 57.8 Å². The number of nitrogens with zero attached hydrogens (tertiary/aromatic N) is 1. The van der Waals surface area contributed by atoms with Gasteiger partial charge in [0.25, 0.3) is 0 Å².